The largest absolute Gasteiger partial charge is 0.359 e. The van der Waals surface area contributed by atoms with Gasteiger partial charge in [-0.15, -0.1) is 0 Å². The molecular weight excluding hydrogens is 256 g/mol. The summed E-state index contributed by atoms with van der Waals surface area (Å²) in [6.07, 6.45) is 3.00. The average Bonchev–Trinajstić information content (AvgIpc) is 2.41. The molecule has 1 heterocycles. The highest BCUT2D eigenvalue weighted by Crippen LogP contribution is 2.19. The number of aromatic amines is 1. The number of rotatable bonds is 4. The van der Waals surface area contributed by atoms with Gasteiger partial charge in [-0.05, 0) is 24.6 Å². The number of hydrogen-bond acceptors (Lipinski definition) is 4. The minimum absolute atomic E-state index is 0.111. The quantitative estimate of drug-likeness (QED) is 0.793. The van der Waals surface area contributed by atoms with Crippen molar-refractivity contribution in [2.45, 2.75) is 19.9 Å². The van der Waals surface area contributed by atoms with Crippen molar-refractivity contribution in [3.8, 4) is 0 Å². The molecule has 6 nitrogen and oxygen atoms in total. The van der Waals surface area contributed by atoms with Crippen LogP contribution in [0.25, 0.3) is 0 Å². The summed E-state index contributed by atoms with van der Waals surface area (Å²) in [4.78, 5) is 29.2. The number of benzene rings is 1. The first-order valence-corrected chi connectivity index (χ1v) is 6.24. The Bertz CT molecular complexity index is 666. The lowest BCUT2D eigenvalue weighted by Crippen LogP contribution is -2.18. The van der Waals surface area contributed by atoms with E-state index in [9.17, 15) is 9.59 Å². The molecule has 20 heavy (non-hydrogen) atoms. The predicted molar refractivity (Wildman–Crippen MR) is 77.6 cm³/mol. The van der Waals surface area contributed by atoms with Crippen molar-refractivity contribution in [3.63, 3.8) is 0 Å². The number of nitrogens with zero attached hydrogens (tertiary/aromatic N) is 1. The molecule has 2 aromatic rings. The van der Waals surface area contributed by atoms with E-state index >= 15 is 0 Å². The Balaban J connectivity index is 2.17. The second-order valence-corrected chi connectivity index (χ2v) is 4.44. The van der Waals surface area contributed by atoms with Crippen LogP contribution in [0.4, 0.5) is 11.5 Å². The number of anilines is 2. The van der Waals surface area contributed by atoms with Gasteiger partial charge in [-0.25, -0.2) is 4.98 Å². The van der Waals surface area contributed by atoms with Crippen LogP contribution >= 0.6 is 0 Å². The van der Waals surface area contributed by atoms with Crippen LogP contribution in [0.15, 0.2) is 41.5 Å². The fraction of sp³-hybridized carbons (Fsp3) is 0.214. The zero-order chi connectivity index (χ0) is 14.5. The van der Waals surface area contributed by atoms with Crippen molar-refractivity contribution in [3.05, 3.63) is 52.6 Å². The molecule has 2 rings (SSSR count). The first kappa shape index (κ1) is 13.8. The van der Waals surface area contributed by atoms with Crippen LogP contribution < -0.4 is 16.2 Å². The van der Waals surface area contributed by atoms with E-state index in [0.29, 0.717) is 0 Å². The van der Waals surface area contributed by atoms with Crippen molar-refractivity contribution in [1.82, 2.24) is 9.97 Å². The molecule has 1 aromatic heterocycles. The predicted octanol–water partition coefficient (Wildman–Crippen LogP) is 1.90. The van der Waals surface area contributed by atoms with Gasteiger partial charge in [0.05, 0.1) is 6.04 Å². The third-order valence-electron chi connectivity index (χ3n) is 2.77. The van der Waals surface area contributed by atoms with Gasteiger partial charge in [0, 0.05) is 25.0 Å². The fourth-order valence-electron chi connectivity index (χ4n) is 1.83. The first-order chi connectivity index (χ1) is 9.56. The standard InChI is InChI=1S/C14H16N4O2/c1-9(17-13-14(20)16-7-6-15-13)11-4-3-5-12(8-11)18-10(2)19/h3-9H,1-2H3,(H,15,17)(H,16,20)(H,18,19). The van der Waals surface area contributed by atoms with Gasteiger partial charge in [0.1, 0.15) is 0 Å². The van der Waals surface area contributed by atoms with Gasteiger partial charge in [0.15, 0.2) is 5.82 Å². The molecule has 6 heteroatoms. The number of nitrogens with one attached hydrogen (secondary N) is 3. The molecule has 1 amide bonds. The second kappa shape index (κ2) is 6.01. The smallest absolute Gasteiger partial charge is 0.290 e. The highest BCUT2D eigenvalue weighted by Gasteiger charge is 2.09. The van der Waals surface area contributed by atoms with Crippen molar-refractivity contribution >= 4 is 17.4 Å². The van der Waals surface area contributed by atoms with Gasteiger partial charge in [-0.1, -0.05) is 12.1 Å². The summed E-state index contributed by atoms with van der Waals surface area (Å²) in [6, 6.07) is 7.32. The number of aromatic nitrogens is 2. The highest BCUT2D eigenvalue weighted by atomic mass is 16.1. The summed E-state index contributed by atoms with van der Waals surface area (Å²) < 4.78 is 0. The maximum absolute atomic E-state index is 11.6. The lowest BCUT2D eigenvalue weighted by atomic mass is 10.1. The van der Waals surface area contributed by atoms with Crippen molar-refractivity contribution in [2.24, 2.45) is 0 Å². The Kier molecular flexibility index (Phi) is 4.14. The summed E-state index contributed by atoms with van der Waals surface area (Å²) in [7, 11) is 0. The average molecular weight is 272 g/mol. The van der Waals surface area contributed by atoms with Gasteiger partial charge >= 0.3 is 0 Å². The van der Waals surface area contributed by atoms with Crippen molar-refractivity contribution in [2.75, 3.05) is 10.6 Å². The SMILES string of the molecule is CC(=O)Nc1cccc(C(C)Nc2ncc[nH]c2=O)c1. The molecule has 0 aliphatic heterocycles. The van der Waals surface area contributed by atoms with E-state index in [1.54, 1.807) is 0 Å². The first-order valence-electron chi connectivity index (χ1n) is 6.24. The summed E-state index contributed by atoms with van der Waals surface area (Å²) in [5, 5.41) is 5.76. The lowest BCUT2D eigenvalue weighted by molar-refractivity contribution is -0.114. The number of H-pyrrole nitrogens is 1. The normalized spacial score (nSPS) is 11.7. The third kappa shape index (κ3) is 3.44. The van der Waals surface area contributed by atoms with Crippen molar-refractivity contribution < 1.29 is 4.79 Å². The van der Waals surface area contributed by atoms with E-state index in [1.165, 1.54) is 19.3 Å². The van der Waals surface area contributed by atoms with Crippen LogP contribution in [0.5, 0.6) is 0 Å². The van der Waals surface area contributed by atoms with E-state index in [2.05, 4.69) is 20.6 Å². The third-order valence-corrected chi connectivity index (χ3v) is 2.77. The minimum Gasteiger partial charge on any atom is -0.359 e. The van der Waals surface area contributed by atoms with Gasteiger partial charge in [-0.2, -0.15) is 0 Å². The topological polar surface area (TPSA) is 86.9 Å². The van der Waals surface area contributed by atoms with Crippen LogP contribution in [-0.2, 0) is 4.79 Å². The Morgan fingerprint density at radius 2 is 2.20 bits per heavy atom. The Hall–Kier alpha value is -2.63. The molecule has 0 radical (unpaired) electrons. The van der Waals surface area contributed by atoms with Gasteiger partial charge in [-0.3, -0.25) is 9.59 Å². The summed E-state index contributed by atoms with van der Waals surface area (Å²) in [6.45, 7) is 3.38. The number of hydrogen-bond donors (Lipinski definition) is 3. The summed E-state index contributed by atoms with van der Waals surface area (Å²) >= 11 is 0. The Labute approximate surface area is 116 Å². The molecule has 0 aliphatic carbocycles. The molecule has 1 atom stereocenters. The van der Waals surface area contributed by atoms with Gasteiger partial charge < -0.3 is 15.6 Å². The van der Waals surface area contributed by atoms with E-state index in [1.807, 2.05) is 31.2 Å². The van der Waals surface area contributed by atoms with Crippen molar-refractivity contribution in [1.29, 1.82) is 0 Å². The fourth-order valence-corrected chi connectivity index (χ4v) is 1.83. The van der Waals surface area contributed by atoms with E-state index < -0.39 is 0 Å². The van der Waals surface area contributed by atoms with Gasteiger partial charge in [0.25, 0.3) is 5.56 Å². The molecule has 0 spiro atoms. The molecular formula is C14H16N4O2. The zero-order valence-electron chi connectivity index (χ0n) is 11.3. The number of amides is 1. The molecule has 3 N–H and O–H groups in total. The van der Waals surface area contributed by atoms with Crippen LogP contribution in [0.2, 0.25) is 0 Å². The lowest BCUT2D eigenvalue weighted by Gasteiger charge is -2.15. The van der Waals surface area contributed by atoms with Crippen LogP contribution in [0.1, 0.15) is 25.5 Å². The van der Waals surface area contributed by atoms with E-state index in [0.717, 1.165) is 11.3 Å². The molecule has 0 fully saturated rings. The van der Waals surface area contributed by atoms with E-state index in [4.69, 9.17) is 0 Å². The Morgan fingerprint density at radius 1 is 1.40 bits per heavy atom. The zero-order valence-corrected chi connectivity index (χ0v) is 11.3. The van der Waals surface area contributed by atoms with Crippen LogP contribution in [0.3, 0.4) is 0 Å². The van der Waals surface area contributed by atoms with Crippen LogP contribution in [0, 0.1) is 0 Å². The molecule has 1 aromatic carbocycles. The number of carbonyl (C=O) groups excluding carboxylic acids is 1. The molecule has 0 bridgehead atoms. The molecule has 1 unspecified atom stereocenters. The molecule has 0 aliphatic rings. The highest BCUT2D eigenvalue weighted by molar-refractivity contribution is 5.88. The monoisotopic (exact) mass is 272 g/mol. The molecule has 0 saturated heterocycles. The molecule has 0 saturated carbocycles. The summed E-state index contributed by atoms with van der Waals surface area (Å²) in [5.41, 5.74) is 1.40. The Morgan fingerprint density at radius 3 is 2.90 bits per heavy atom. The molecule has 104 valence electrons. The van der Waals surface area contributed by atoms with E-state index in [-0.39, 0.29) is 23.3 Å². The second-order valence-electron chi connectivity index (χ2n) is 4.44. The maximum Gasteiger partial charge on any atom is 0.290 e. The number of carbonyl (C=O) groups is 1. The maximum atomic E-state index is 11.6. The van der Waals surface area contributed by atoms with Crippen LogP contribution in [-0.4, -0.2) is 15.9 Å². The summed E-state index contributed by atoms with van der Waals surface area (Å²) in [5.74, 6) is 0.147. The minimum atomic E-state index is -0.266. The van der Waals surface area contributed by atoms with Gasteiger partial charge in [0.2, 0.25) is 5.91 Å².